The van der Waals surface area contributed by atoms with Gasteiger partial charge in [-0.1, -0.05) is 19.9 Å². The molecule has 2 heterocycles. The van der Waals surface area contributed by atoms with Gasteiger partial charge in [0.15, 0.2) is 5.76 Å². The van der Waals surface area contributed by atoms with Gasteiger partial charge < -0.3 is 9.15 Å². The van der Waals surface area contributed by atoms with Crippen molar-refractivity contribution in [1.82, 2.24) is 15.8 Å². The smallest absolute Gasteiger partial charge is 0.305 e. The Bertz CT molecular complexity index is 868. The van der Waals surface area contributed by atoms with E-state index in [-0.39, 0.29) is 5.76 Å². The van der Waals surface area contributed by atoms with E-state index in [2.05, 4.69) is 29.6 Å². The fourth-order valence-corrected chi connectivity index (χ4v) is 2.96. The first-order chi connectivity index (χ1) is 13.6. The maximum absolute atomic E-state index is 12.1. The van der Waals surface area contributed by atoms with Crippen LogP contribution in [0.25, 0.3) is 6.08 Å². The molecule has 0 bridgehead atoms. The van der Waals surface area contributed by atoms with Crippen molar-refractivity contribution in [2.45, 2.75) is 26.8 Å². The Morgan fingerprint density at radius 3 is 2.75 bits per heavy atom. The lowest BCUT2D eigenvalue weighted by atomic mass is 10.1. The van der Waals surface area contributed by atoms with Gasteiger partial charge in [-0.15, -0.1) is 0 Å². The van der Waals surface area contributed by atoms with Crippen molar-refractivity contribution < 1.29 is 18.7 Å². The molecule has 0 radical (unpaired) electrons. The first kappa shape index (κ1) is 19.7. The average Bonchev–Trinajstić information content (AvgIpc) is 3.37. The van der Waals surface area contributed by atoms with Crippen LogP contribution in [-0.4, -0.2) is 36.4 Å². The summed E-state index contributed by atoms with van der Waals surface area (Å²) >= 11 is 0. The maximum Gasteiger partial charge on any atom is 0.305 e. The fourth-order valence-electron chi connectivity index (χ4n) is 2.96. The van der Waals surface area contributed by atoms with Crippen LogP contribution in [0.3, 0.4) is 0 Å². The topological polar surface area (TPSA) is 83.8 Å². The molecule has 0 aliphatic carbocycles. The molecule has 2 aromatic rings. The van der Waals surface area contributed by atoms with E-state index in [1.807, 2.05) is 18.2 Å². The Kier molecular flexibility index (Phi) is 6.49. The summed E-state index contributed by atoms with van der Waals surface area (Å²) in [6, 6.07) is 9.14. The van der Waals surface area contributed by atoms with Gasteiger partial charge in [-0.2, -0.15) is 0 Å². The Morgan fingerprint density at radius 1 is 1.14 bits per heavy atom. The third-order valence-corrected chi connectivity index (χ3v) is 4.60. The lowest BCUT2D eigenvalue weighted by molar-refractivity contribution is -0.117. The molecule has 0 spiro atoms. The second kappa shape index (κ2) is 9.23. The molecule has 2 N–H and O–H groups in total. The van der Waals surface area contributed by atoms with E-state index in [1.54, 1.807) is 18.2 Å². The molecule has 148 valence electrons. The van der Waals surface area contributed by atoms with E-state index in [0.717, 1.165) is 36.4 Å². The third kappa shape index (κ3) is 5.01. The minimum absolute atomic E-state index is 0.157. The quantitative estimate of drug-likeness (QED) is 0.567. The number of benzene rings is 1. The van der Waals surface area contributed by atoms with Crippen molar-refractivity contribution >= 4 is 17.9 Å². The predicted octanol–water partition coefficient (Wildman–Crippen LogP) is 2.53. The first-order valence-corrected chi connectivity index (χ1v) is 9.44. The monoisotopic (exact) mass is 383 g/mol. The van der Waals surface area contributed by atoms with Crippen molar-refractivity contribution in [1.29, 1.82) is 0 Å². The van der Waals surface area contributed by atoms with Crippen molar-refractivity contribution in [2.24, 2.45) is 0 Å². The molecule has 7 nitrogen and oxygen atoms in total. The zero-order valence-electron chi connectivity index (χ0n) is 16.2. The van der Waals surface area contributed by atoms with Gasteiger partial charge in [0.25, 0.3) is 5.91 Å². The number of carbonyl (C=O) groups is 2. The minimum Gasteiger partial charge on any atom is -0.493 e. The van der Waals surface area contributed by atoms with Crippen molar-refractivity contribution in [2.75, 3.05) is 19.7 Å². The summed E-state index contributed by atoms with van der Waals surface area (Å²) in [5, 5.41) is 0. The largest absolute Gasteiger partial charge is 0.493 e. The number of amides is 2. The summed E-state index contributed by atoms with van der Waals surface area (Å²) < 4.78 is 11.0. The molecule has 0 saturated carbocycles. The van der Waals surface area contributed by atoms with Gasteiger partial charge in [-0.05, 0) is 54.6 Å². The normalized spacial score (nSPS) is 12.8. The van der Waals surface area contributed by atoms with Gasteiger partial charge in [0.1, 0.15) is 11.5 Å². The van der Waals surface area contributed by atoms with E-state index in [4.69, 9.17) is 9.15 Å². The minimum atomic E-state index is -0.498. The van der Waals surface area contributed by atoms with Gasteiger partial charge in [0, 0.05) is 12.5 Å². The highest BCUT2D eigenvalue weighted by molar-refractivity contribution is 5.96. The van der Waals surface area contributed by atoms with Gasteiger partial charge in [-0.3, -0.25) is 25.3 Å². The SMILES string of the molecule is CCN(CC)Cc1ccc(C(=O)NNC(=O)/C=C/c2ccc3c(c2)CCO3)o1. The molecule has 0 unspecified atom stereocenters. The molecule has 7 heteroatoms. The number of hydrazine groups is 1. The van der Waals surface area contributed by atoms with Gasteiger partial charge >= 0.3 is 5.91 Å². The summed E-state index contributed by atoms with van der Waals surface area (Å²) in [5.41, 5.74) is 6.74. The first-order valence-electron chi connectivity index (χ1n) is 9.44. The van der Waals surface area contributed by atoms with Gasteiger partial charge in [0.2, 0.25) is 0 Å². The number of nitrogens with zero attached hydrogens (tertiary/aromatic N) is 1. The molecule has 2 amide bonds. The van der Waals surface area contributed by atoms with Crippen LogP contribution >= 0.6 is 0 Å². The molecule has 1 aliphatic rings. The van der Waals surface area contributed by atoms with Crippen LogP contribution in [0, 0.1) is 0 Å². The van der Waals surface area contributed by atoms with Crippen LogP contribution in [0.5, 0.6) is 5.75 Å². The standard InChI is InChI=1S/C21H25N3O4/c1-3-24(4-2)14-17-7-9-19(28-17)21(26)23-22-20(25)10-6-15-5-8-18-16(13-15)11-12-27-18/h5-10,13H,3-4,11-12,14H2,1-2H3,(H,22,25)(H,23,26)/b10-6+. The summed E-state index contributed by atoms with van der Waals surface area (Å²) in [4.78, 5) is 26.2. The second-order valence-corrected chi connectivity index (χ2v) is 6.47. The van der Waals surface area contributed by atoms with E-state index < -0.39 is 11.8 Å². The lowest BCUT2D eigenvalue weighted by Gasteiger charge is -2.15. The molecular formula is C21H25N3O4. The number of hydrogen-bond donors (Lipinski definition) is 2. The van der Waals surface area contributed by atoms with E-state index in [1.165, 1.54) is 6.08 Å². The summed E-state index contributed by atoms with van der Waals surface area (Å²) in [5.74, 6) is 0.834. The van der Waals surface area contributed by atoms with Gasteiger partial charge in [0.05, 0.1) is 13.2 Å². The number of rotatable bonds is 7. The fraction of sp³-hybridized carbons (Fsp3) is 0.333. The Labute approximate surface area is 164 Å². The number of hydrogen-bond acceptors (Lipinski definition) is 5. The Morgan fingerprint density at radius 2 is 1.96 bits per heavy atom. The molecule has 0 fully saturated rings. The van der Waals surface area contributed by atoms with Crippen molar-refractivity contribution in [3.05, 3.63) is 59.1 Å². The molecule has 3 rings (SSSR count). The summed E-state index contributed by atoms with van der Waals surface area (Å²) in [6.45, 7) is 7.27. The number of fused-ring (bicyclic) bond motifs is 1. The van der Waals surface area contributed by atoms with Crippen LogP contribution in [-0.2, 0) is 17.8 Å². The lowest BCUT2D eigenvalue weighted by Crippen LogP contribution is -2.40. The zero-order valence-corrected chi connectivity index (χ0v) is 16.2. The third-order valence-electron chi connectivity index (χ3n) is 4.60. The predicted molar refractivity (Wildman–Crippen MR) is 106 cm³/mol. The average molecular weight is 383 g/mol. The second-order valence-electron chi connectivity index (χ2n) is 6.47. The van der Waals surface area contributed by atoms with Crippen LogP contribution in [0.15, 0.2) is 40.8 Å². The van der Waals surface area contributed by atoms with Crippen LogP contribution in [0.1, 0.15) is 41.3 Å². The van der Waals surface area contributed by atoms with E-state index in [9.17, 15) is 9.59 Å². The van der Waals surface area contributed by atoms with Crippen molar-refractivity contribution in [3.8, 4) is 5.75 Å². The zero-order chi connectivity index (χ0) is 19.9. The Balaban J connectivity index is 1.49. The van der Waals surface area contributed by atoms with Crippen LogP contribution in [0.4, 0.5) is 0 Å². The van der Waals surface area contributed by atoms with Crippen molar-refractivity contribution in [3.63, 3.8) is 0 Å². The van der Waals surface area contributed by atoms with Crippen LogP contribution in [0.2, 0.25) is 0 Å². The summed E-state index contributed by atoms with van der Waals surface area (Å²) in [7, 11) is 0. The Hall–Kier alpha value is -3.06. The van der Waals surface area contributed by atoms with Gasteiger partial charge in [-0.25, -0.2) is 0 Å². The van der Waals surface area contributed by atoms with E-state index >= 15 is 0 Å². The molecule has 1 aliphatic heterocycles. The molecule has 0 atom stereocenters. The van der Waals surface area contributed by atoms with Crippen LogP contribution < -0.4 is 15.6 Å². The molecule has 0 saturated heterocycles. The maximum atomic E-state index is 12.1. The molecular weight excluding hydrogens is 358 g/mol. The number of furan rings is 1. The highest BCUT2D eigenvalue weighted by atomic mass is 16.5. The number of carbonyl (C=O) groups excluding carboxylic acids is 2. The molecule has 1 aromatic carbocycles. The highest BCUT2D eigenvalue weighted by Crippen LogP contribution is 2.26. The molecule has 28 heavy (non-hydrogen) atoms. The van der Waals surface area contributed by atoms with E-state index in [0.29, 0.717) is 18.9 Å². The summed E-state index contributed by atoms with van der Waals surface area (Å²) in [6.07, 6.45) is 3.93. The number of nitrogens with one attached hydrogen (secondary N) is 2. The number of ether oxygens (including phenoxy) is 1. The highest BCUT2D eigenvalue weighted by Gasteiger charge is 2.13. The molecule has 1 aromatic heterocycles.